The molecule has 2 rings (SSSR count). The van der Waals surface area contributed by atoms with Crippen molar-refractivity contribution in [1.29, 1.82) is 0 Å². The van der Waals surface area contributed by atoms with Crippen LogP contribution in [0.15, 0.2) is 47.4 Å². The third-order valence-corrected chi connectivity index (χ3v) is 4.24. The minimum atomic E-state index is -3.78. The third kappa shape index (κ3) is 3.72. The van der Waals surface area contributed by atoms with Crippen LogP contribution >= 0.6 is 11.6 Å². The molecule has 0 aliphatic carbocycles. The summed E-state index contributed by atoms with van der Waals surface area (Å²) < 4.78 is 36.4. The van der Waals surface area contributed by atoms with Crippen molar-refractivity contribution in [2.24, 2.45) is 5.14 Å². The molecule has 3 N–H and O–H groups in total. The minimum Gasteiger partial charge on any atom is -0.375 e. The van der Waals surface area contributed by atoms with Gasteiger partial charge < -0.3 is 5.32 Å². The normalized spacial score (nSPS) is 13.0. The van der Waals surface area contributed by atoms with Crippen molar-refractivity contribution in [3.05, 3.63) is 58.9 Å². The fraction of sp³-hybridized carbons (Fsp3) is 0.143. The Morgan fingerprint density at radius 2 is 1.90 bits per heavy atom. The van der Waals surface area contributed by atoms with Crippen LogP contribution in [0.3, 0.4) is 0 Å². The zero-order valence-electron chi connectivity index (χ0n) is 11.2. The molecule has 0 spiro atoms. The summed E-state index contributed by atoms with van der Waals surface area (Å²) in [6, 6.07) is 10.2. The number of para-hydroxylation sites is 1. The average Bonchev–Trinajstić information content (AvgIpc) is 2.42. The molecule has 0 fully saturated rings. The number of rotatable bonds is 4. The van der Waals surface area contributed by atoms with Gasteiger partial charge >= 0.3 is 0 Å². The van der Waals surface area contributed by atoms with Gasteiger partial charge in [0.05, 0.1) is 15.6 Å². The largest absolute Gasteiger partial charge is 0.375 e. The molecule has 0 aliphatic rings. The summed E-state index contributed by atoms with van der Waals surface area (Å²) in [5.74, 6) is -0.475. The van der Waals surface area contributed by atoms with E-state index in [1.807, 2.05) is 0 Å². The number of anilines is 1. The number of benzene rings is 2. The molecule has 0 heterocycles. The molecule has 0 amide bonds. The first-order valence-electron chi connectivity index (χ1n) is 6.12. The molecule has 112 valence electrons. The standard InChI is InChI=1S/C14H14ClFN2O2S/c1-9(18-14-12(15)6-3-7-13(14)16)10-4-2-5-11(8-10)21(17,19)20/h2-9,18H,1H3,(H2,17,19,20). The highest BCUT2D eigenvalue weighted by Gasteiger charge is 2.14. The highest BCUT2D eigenvalue weighted by atomic mass is 35.5. The molecule has 0 saturated heterocycles. The van der Waals surface area contributed by atoms with Gasteiger partial charge in [0.2, 0.25) is 10.0 Å². The number of primary sulfonamides is 1. The van der Waals surface area contributed by atoms with Crippen LogP contribution in [0.4, 0.5) is 10.1 Å². The highest BCUT2D eigenvalue weighted by Crippen LogP contribution is 2.29. The Hall–Kier alpha value is -1.63. The number of sulfonamides is 1. The lowest BCUT2D eigenvalue weighted by atomic mass is 10.1. The van der Waals surface area contributed by atoms with Crippen molar-refractivity contribution in [2.75, 3.05) is 5.32 Å². The summed E-state index contributed by atoms with van der Waals surface area (Å²) in [4.78, 5) is 0.00767. The van der Waals surface area contributed by atoms with Crippen LogP contribution in [-0.2, 0) is 10.0 Å². The van der Waals surface area contributed by atoms with E-state index in [2.05, 4.69) is 5.32 Å². The molecular weight excluding hydrogens is 315 g/mol. The van der Waals surface area contributed by atoms with Gasteiger partial charge in [0, 0.05) is 6.04 Å². The SMILES string of the molecule is CC(Nc1c(F)cccc1Cl)c1cccc(S(N)(=O)=O)c1. The number of hydrogen-bond donors (Lipinski definition) is 2. The second-order valence-corrected chi connectivity index (χ2v) is 6.55. The number of halogens is 2. The van der Waals surface area contributed by atoms with Gasteiger partial charge in [-0.3, -0.25) is 0 Å². The van der Waals surface area contributed by atoms with E-state index in [1.165, 1.54) is 24.3 Å². The van der Waals surface area contributed by atoms with Gasteiger partial charge in [-0.25, -0.2) is 17.9 Å². The van der Waals surface area contributed by atoms with E-state index in [0.29, 0.717) is 5.56 Å². The Bertz CT molecular complexity index is 745. The summed E-state index contributed by atoms with van der Waals surface area (Å²) in [6.07, 6.45) is 0. The molecule has 7 heteroatoms. The van der Waals surface area contributed by atoms with E-state index in [9.17, 15) is 12.8 Å². The molecule has 0 aromatic heterocycles. The van der Waals surface area contributed by atoms with E-state index in [1.54, 1.807) is 25.1 Å². The second-order valence-electron chi connectivity index (χ2n) is 4.58. The molecular formula is C14H14ClFN2O2S. The van der Waals surface area contributed by atoms with Crippen LogP contribution in [0, 0.1) is 5.82 Å². The Kier molecular flexibility index (Phi) is 4.51. The van der Waals surface area contributed by atoms with Crippen molar-refractivity contribution in [3.63, 3.8) is 0 Å². The molecule has 2 aromatic carbocycles. The van der Waals surface area contributed by atoms with Gasteiger partial charge in [0.1, 0.15) is 5.82 Å². The molecule has 1 unspecified atom stereocenters. The minimum absolute atomic E-state index is 0.00767. The van der Waals surface area contributed by atoms with E-state index in [-0.39, 0.29) is 21.6 Å². The summed E-state index contributed by atoms with van der Waals surface area (Å²) >= 11 is 5.95. The Labute approximate surface area is 127 Å². The summed E-state index contributed by atoms with van der Waals surface area (Å²) in [6.45, 7) is 1.77. The molecule has 2 aromatic rings. The van der Waals surface area contributed by atoms with Gasteiger partial charge in [0.25, 0.3) is 0 Å². The number of nitrogens with two attached hydrogens (primary N) is 1. The maximum absolute atomic E-state index is 13.7. The van der Waals surface area contributed by atoms with Gasteiger partial charge in [-0.05, 0) is 36.8 Å². The van der Waals surface area contributed by atoms with Crippen LogP contribution < -0.4 is 10.5 Å². The molecule has 0 aliphatic heterocycles. The van der Waals surface area contributed by atoms with Gasteiger partial charge in [-0.1, -0.05) is 29.8 Å². The van der Waals surface area contributed by atoms with Crippen molar-refractivity contribution in [1.82, 2.24) is 0 Å². The average molecular weight is 329 g/mol. The van der Waals surface area contributed by atoms with Crippen LogP contribution in [0.2, 0.25) is 5.02 Å². The molecule has 0 radical (unpaired) electrons. The predicted octanol–water partition coefficient (Wildman–Crippen LogP) is 3.30. The van der Waals surface area contributed by atoms with Crippen molar-refractivity contribution >= 4 is 27.3 Å². The van der Waals surface area contributed by atoms with Gasteiger partial charge in [-0.15, -0.1) is 0 Å². The van der Waals surface area contributed by atoms with Gasteiger partial charge in [-0.2, -0.15) is 0 Å². The van der Waals surface area contributed by atoms with Crippen molar-refractivity contribution in [3.8, 4) is 0 Å². The zero-order chi connectivity index (χ0) is 15.6. The lowest BCUT2D eigenvalue weighted by Gasteiger charge is -2.17. The van der Waals surface area contributed by atoms with Crippen molar-refractivity contribution < 1.29 is 12.8 Å². The Morgan fingerprint density at radius 1 is 1.24 bits per heavy atom. The summed E-state index contributed by atoms with van der Waals surface area (Å²) in [5, 5.41) is 8.28. The molecule has 0 bridgehead atoms. The van der Waals surface area contributed by atoms with E-state index < -0.39 is 15.8 Å². The summed E-state index contributed by atoms with van der Waals surface area (Å²) in [7, 11) is -3.78. The van der Waals surface area contributed by atoms with Crippen LogP contribution in [-0.4, -0.2) is 8.42 Å². The number of hydrogen-bond acceptors (Lipinski definition) is 3. The lowest BCUT2D eigenvalue weighted by Crippen LogP contribution is -2.14. The maximum atomic E-state index is 13.7. The number of nitrogens with one attached hydrogen (secondary N) is 1. The summed E-state index contributed by atoms with van der Waals surface area (Å²) in [5.41, 5.74) is 0.827. The van der Waals surface area contributed by atoms with Gasteiger partial charge in [0.15, 0.2) is 0 Å². The quantitative estimate of drug-likeness (QED) is 0.904. The van der Waals surface area contributed by atoms with Crippen LogP contribution in [0.1, 0.15) is 18.5 Å². The predicted molar refractivity (Wildman–Crippen MR) is 81.3 cm³/mol. The fourth-order valence-corrected chi connectivity index (χ4v) is 2.68. The molecule has 0 saturated carbocycles. The molecule has 1 atom stereocenters. The maximum Gasteiger partial charge on any atom is 0.238 e. The first kappa shape index (κ1) is 15.8. The topological polar surface area (TPSA) is 72.2 Å². The molecule has 21 heavy (non-hydrogen) atoms. The monoisotopic (exact) mass is 328 g/mol. The zero-order valence-corrected chi connectivity index (χ0v) is 12.7. The van der Waals surface area contributed by atoms with Crippen LogP contribution in [0.25, 0.3) is 0 Å². The van der Waals surface area contributed by atoms with Crippen molar-refractivity contribution in [2.45, 2.75) is 17.9 Å². The van der Waals surface area contributed by atoms with E-state index in [4.69, 9.17) is 16.7 Å². The van der Waals surface area contributed by atoms with E-state index >= 15 is 0 Å². The van der Waals surface area contributed by atoms with E-state index in [0.717, 1.165) is 0 Å². The second kappa shape index (κ2) is 6.01. The lowest BCUT2D eigenvalue weighted by molar-refractivity contribution is 0.597. The fourth-order valence-electron chi connectivity index (χ4n) is 1.90. The molecule has 4 nitrogen and oxygen atoms in total. The first-order chi connectivity index (χ1) is 9.79. The Morgan fingerprint density at radius 3 is 2.52 bits per heavy atom. The smallest absolute Gasteiger partial charge is 0.238 e. The Balaban J connectivity index is 2.31. The first-order valence-corrected chi connectivity index (χ1v) is 8.05. The third-order valence-electron chi connectivity index (χ3n) is 3.01. The highest BCUT2D eigenvalue weighted by molar-refractivity contribution is 7.89. The van der Waals surface area contributed by atoms with Crippen LogP contribution in [0.5, 0.6) is 0 Å².